The molecule has 1 aliphatic rings. The monoisotopic (exact) mass is 1850 g/mol. The molecular weight excluding hydrogens is 1720 g/mol. The number of para-hydroxylation sites is 5. The van der Waals surface area contributed by atoms with Gasteiger partial charge in [0, 0.05) is 13.1 Å². The van der Waals surface area contributed by atoms with Crippen LogP contribution >= 0.6 is 22.6 Å². The third-order valence-corrected chi connectivity index (χ3v) is 18.1. The van der Waals surface area contributed by atoms with Crippen molar-refractivity contribution >= 4 is 58.6 Å². The SMILES string of the molecule is C[C@@H](OC(=O)c1ccccc1)[C@@H](C)Oc1ccccc1CCCNC(=O)OC(C)(C)C.C[C@@H]1OS(=O)O[C@H]1C.C[C@H](O)[C@@H](C)Oc1ccccc1C#CCN.C[C@H](O)[C@@H](C)Oc1ccccc1CCCN.C[C@H](O)[C@@H](C)Oc1ccccc1CCCNC(=O)OC(C)(C)C.C[C@H](O)[C@@H](C)Oc1ccccc1I.C[C@H](O)[C@H](C)O.O=CO[O-].[H-].[K+].[K+]. The van der Waals surface area contributed by atoms with Gasteiger partial charge in [-0.05, 0) is 277 Å². The first-order valence-corrected chi connectivity index (χ1v) is 41.1. The van der Waals surface area contributed by atoms with E-state index in [4.69, 9.17) is 78.0 Å². The number of hydrogen-bond donors (Lipinski definition) is 10. The quantitative estimate of drug-likeness (QED) is 0.00266. The van der Waals surface area contributed by atoms with Crippen molar-refractivity contribution in [2.45, 2.75) is 274 Å². The molecule has 6 aromatic carbocycles. The fourth-order valence-electron chi connectivity index (χ4n) is 8.52. The summed E-state index contributed by atoms with van der Waals surface area (Å²) in [6, 6.07) is 47.6. The zero-order chi connectivity index (χ0) is 88.8. The number of halogens is 1. The fourth-order valence-corrected chi connectivity index (χ4v) is 9.89. The molecule has 0 aliphatic carbocycles. The number of carbonyl (C=O) groups excluding carboxylic acids is 4. The van der Waals surface area contributed by atoms with E-state index < -0.39 is 77.5 Å². The molecule has 12 N–H and O–H groups in total. The number of alkyl carbamates (subject to hydrolysis) is 2. The van der Waals surface area contributed by atoms with Gasteiger partial charge in [0.15, 0.2) is 0 Å². The van der Waals surface area contributed by atoms with Crippen LogP contribution in [0.4, 0.5) is 9.59 Å². The van der Waals surface area contributed by atoms with Gasteiger partial charge in [-0.1, -0.05) is 109 Å². The van der Waals surface area contributed by atoms with Crippen molar-refractivity contribution in [1.82, 2.24) is 10.6 Å². The van der Waals surface area contributed by atoms with Crippen LogP contribution in [0.1, 0.15) is 192 Å². The van der Waals surface area contributed by atoms with Crippen molar-refractivity contribution in [3.8, 4) is 40.6 Å². The van der Waals surface area contributed by atoms with Crippen molar-refractivity contribution in [3.05, 3.63) is 183 Å². The van der Waals surface area contributed by atoms with Crippen LogP contribution in [0.2, 0.25) is 0 Å². The zero-order valence-electron chi connectivity index (χ0n) is 74.7. The van der Waals surface area contributed by atoms with Crippen LogP contribution in [0.5, 0.6) is 28.7 Å². The molecule has 0 bridgehead atoms. The molecular formula is C88H133IK2N4O23S. The molecule has 27 nitrogen and oxygen atoms in total. The Morgan fingerprint density at radius 2 is 0.815 bits per heavy atom. The molecule has 658 valence electrons. The molecule has 7 rings (SSSR count). The van der Waals surface area contributed by atoms with E-state index in [1.165, 1.54) is 0 Å². The number of ether oxygens (including phenoxy) is 8. The Labute approximate surface area is 809 Å². The summed E-state index contributed by atoms with van der Waals surface area (Å²) in [6.45, 7) is 37.5. The molecule has 1 saturated heterocycles. The predicted molar refractivity (Wildman–Crippen MR) is 463 cm³/mol. The van der Waals surface area contributed by atoms with Crippen LogP contribution in [-0.2, 0) is 62.9 Å². The minimum atomic E-state index is -1.48. The van der Waals surface area contributed by atoms with Crippen molar-refractivity contribution < 1.29 is 215 Å². The summed E-state index contributed by atoms with van der Waals surface area (Å²) in [5.41, 5.74) is 14.4. The number of nitrogens with one attached hydrogen (secondary N) is 2. The van der Waals surface area contributed by atoms with Crippen LogP contribution in [0, 0.1) is 15.4 Å². The van der Waals surface area contributed by atoms with Crippen molar-refractivity contribution in [2.75, 3.05) is 26.2 Å². The van der Waals surface area contributed by atoms with Crippen molar-refractivity contribution in [2.24, 2.45) is 11.5 Å². The average molecular weight is 1850 g/mol. The molecule has 2 amide bonds. The Balaban J connectivity index is -0.000000677. The van der Waals surface area contributed by atoms with E-state index in [1.54, 1.807) is 65.8 Å². The van der Waals surface area contributed by atoms with Gasteiger partial charge in [0.25, 0.3) is 6.47 Å². The van der Waals surface area contributed by atoms with Gasteiger partial charge in [-0.15, -0.1) is 0 Å². The minimum absolute atomic E-state index is 0. The molecule has 31 heteroatoms. The van der Waals surface area contributed by atoms with Gasteiger partial charge in [0.1, 0.15) is 88.8 Å². The molecule has 1 heterocycles. The molecule has 0 aromatic heterocycles. The Morgan fingerprint density at radius 1 is 0.496 bits per heavy atom. The molecule has 0 spiro atoms. The second-order valence-electron chi connectivity index (χ2n) is 29.2. The van der Waals surface area contributed by atoms with E-state index in [2.05, 4.69) is 50.0 Å². The third kappa shape index (κ3) is 58.0. The number of carbonyl (C=O) groups is 4. The van der Waals surface area contributed by atoms with Crippen LogP contribution in [0.25, 0.3) is 0 Å². The van der Waals surface area contributed by atoms with Crippen LogP contribution < -0.4 is 154 Å². The smallest absolute Gasteiger partial charge is 1.00 e. The average Bonchev–Trinajstić information content (AvgIpc) is 1.19. The number of aryl methyl sites for hydroxylation is 3. The minimum Gasteiger partial charge on any atom is -1.00 e. The van der Waals surface area contributed by atoms with Crippen molar-refractivity contribution in [3.63, 3.8) is 0 Å². The Morgan fingerprint density at radius 3 is 1.14 bits per heavy atom. The predicted octanol–water partition coefficient (Wildman–Crippen LogP) is 6.45. The summed E-state index contributed by atoms with van der Waals surface area (Å²) < 4.78 is 65.6. The van der Waals surface area contributed by atoms with Gasteiger partial charge in [-0.25, -0.2) is 14.4 Å². The van der Waals surface area contributed by atoms with Crippen LogP contribution in [0.3, 0.4) is 0 Å². The van der Waals surface area contributed by atoms with E-state index in [-0.39, 0.29) is 159 Å². The van der Waals surface area contributed by atoms with Gasteiger partial charge >= 0.3 is 132 Å². The Kier molecular flexibility index (Phi) is 67.0. The number of esters is 1. The summed E-state index contributed by atoms with van der Waals surface area (Å²) >= 11 is 0.727. The standard InChI is InChI=1S/C25H33NO5.C18H29NO4.C13H21NO2.C13H17NO2.C10H13IO2.C4H8O3S.C4H10O2.CH2O3.2K.H/c1-18(19(2)30-23(27)21-13-7-6-8-14-21)29-22-16-10-9-12-20(22)15-11-17-26-24(28)31-25(3,4)5;1-13(20)14(2)22-16-11-7-6-9-15(16)10-8-12-19-17(21)23-18(3,4)5;2*1-10(15)11(2)16-13-8-4-3-6-12(13)7-5-9-14;1-7(12)8(2)13-10-6-4-3-5-9(10)11;1-3-4(2)7-8(5)6-3;1-3(5)4(2)6;2-1-4-3;;;/h6-10,12-14,16,18-19H,11,15,17H2,1-5H3,(H,26,28);6-7,9,11,13-14,20H,8,10,12H2,1-5H3,(H,19,21);3-4,6,8,10-11,15H,5,7,9,14H2,1-2H3;3-4,6,8,10-11,15H,9,14H2,1-2H3;3-8,12H,1-2H3;3-4H,1-2H3;3-6H,1-2H3;1,3H;;;/q;;;;;;;;2*+1;-1/p-1/t18-,19-;13-,14+;2*10-,11+;7-,8+;2*3-,4-;;;;/m1000000..../s1. The second kappa shape index (κ2) is 67.5. The molecule has 119 heavy (non-hydrogen) atoms. The molecule has 14 atom stereocenters. The first kappa shape index (κ1) is 118. The number of nitrogens with two attached hydrogens (primary N) is 2. The summed E-state index contributed by atoms with van der Waals surface area (Å²) in [5, 5.41) is 68.3. The topological polar surface area (TPSA) is 407 Å². The number of benzene rings is 6. The number of aliphatic hydroxyl groups is 6. The normalized spacial score (nSPS) is 15.4. The zero-order valence-corrected chi connectivity index (χ0v) is 82.9. The second-order valence-corrected chi connectivity index (χ2v) is 31.2. The van der Waals surface area contributed by atoms with E-state index >= 15 is 0 Å². The number of hydrogen-bond acceptors (Lipinski definition) is 25. The van der Waals surface area contributed by atoms with E-state index in [0.717, 1.165) is 87.3 Å². The fraction of sp³-hybridized carbons (Fsp3) is 0.523. The molecule has 6 aromatic rings. The molecule has 0 unspecified atom stereocenters. The van der Waals surface area contributed by atoms with E-state index in [1.807, 2.05) is 224 Å². The van der Waals surface area contributed by atoms with E-state index in [9.17, 15) is 39.0 Å². The Hall–Kier alpha value is -4.93. The van der Waals surface area contributed by atoms with Gasteiger partial charge in [0.05, 0.1) is 57.9 Å². The summed E-state index contributed by atoms with van der Waals surface area (Å²) in [6.07, 6.45) is -0.778. The van der Waals surface area contributed by atoms with Gasteiger partial charge in [-0.3, -0.25) is 13.2 Å². The van der Waals surface area contributed by atoms with Gasteiger partial charge in [-0.2, -0.15) is 4.21 Å². The molecule has 0 saturated carbocycles. The maximum absolute atomic E-state index is 12.3. The molecule has 0 radical (unpaired) electrons. The number of amides is 2. The van der Waals surface area contributed by atoms with Gasteiger partial charge in [0.2, 0.25) is 0 Å². The Bertz CT molecular complexity index is 3760. The molecule has 1 aliphatic heterocycles. The van der Waals surface area contributed by atoms with E-state index in [0.29, 0.717) is 37.5 Å². The summed E-state index contributed by atoms with van der Waals surface area (Å²) in [4.78, 5) is 46.8. The first-order valence-electron chi connectivity index (χ1n) is 39.1. The van der Waals surface area contributed by atoms with Crippen molar-refractivity contribution in [1.29, 1.82) is 0 Å². The molecule has 1 fully saturated rings. The number of aliphatic hydroxyl groups excluding tert-OH is 6. The third-order valence-electron chi connectivity index (χ3n) is 16.3. The van der Waals surface area contributed by atoms with Gasteiger partial charge < -0.3 is 102 Å². The van der Waals surface area contributed by atoms with Crippen LogP contribution in [-0.4, -0.2) is 182 Å². The maximum atomic E-state index is 12.3. The first-order chi connectivity index (χ1) is 55.0. The number of rotatable bonds is 30. The van der Waals surface area contributed by atoms with Crippen LogP contribution in [0.15, 0.2) is 152 Å². The summed E-state index contributed by atoms with van der Waals surface area (Å²) in [7, 11) is 0. The largest absolute Gasteiger partial charge is 1.00 e. The maximum Gasteiger partial charge on any atom is 1.00 e. The summed E-state index contributed by atoms with van der Waals surface area (Å²) in [5.74, 6) is 9.23.